The molecule has 0 aromatic heterocycles. The van der Waals surface area contributed by atoms with E-state index < -0.39 is 0 Å². The van der Waals surface area contributed by atoms with Gasteiger partial charge in [-0.3, -0.25) is 0 Å². The quantitative estimate of drug-likeness (QED) is 0.808. The van der Waals surface area contributed by atoms with E-state index in [9.17, 15) is 0 Å². The van der Waals surface area contributed by atoms with Gasteiger partial charge in [0.25, 0.3) is 0 Å². The summed E-state index contributed by atoms with van der Waals surface area (Å²) in [6, 6.07) is 14.5. The molecular weight excluding hydrogens is 228 g/mol. The summed E-state index contributed by atoms with van der Waals surface area (Å²) in [5.41, 5.74) is 1.03. The van der Waals surface area contributed by atoms with Crippen LogP contribution in [0, 0.1) is 0 Å². The Hall–Kier alpha value is -1.61. The molecule has 0 bridgehead atoms. The van der Waals surface area contributed by atoms with Gasteiger partial charge in [-0.2, -0.15) is 0 Å². The maximum Gasteiger partial charge on any atom is 0.170 e. The van der Waals surface area contributed by atoms with Crippen LogP contribution in [0.4, 0.5) is 5.69 Å². The molecule has 2 aromatic rings. The van der Waals surface area contributed by atoms with Gasteiger partial charge in [0, 0.05) is 12.2 Å². The minimum absolute atomic E-state index is 0.683. The highest BCUT2D eigenvalue weighted by Gasteiger charge is 1.98. The first-order valence-corrected chi connectivity index (χ1v) is 6.24. The van der Waals surface area contributed by atoms with E-state index in [1.165, 1.54) is 10.8 Å². The summed E-state index contributed by atoms with van der Waals surface area (Å²) < 4.78 is 0. The maximum atomic E-state index is 5.20. The van der Waals surface area contributed by atoms with Crippen LogP contribution in [0.3, 0.4) is 0 Å². The molecule has 2 nitrogen and oxygen atoms in total. The molecular formula is C14H16N2S. The lowest BCUT2D eigenvalue weighted by molar-refractivity contribution is 0.846. The first kappa shape index (κ1) is 11.9. The number of fused-ring (bicyclic) bond motifs is 1. The molecule has 0 heterocycles. The van der Waals surface area contributed by atoms with Gasteiger partial charge in [-0.15, -0.1) is 0 Å². The molecule has 0 unspecified atom stereocenters. The van der Waals surface area contributed by atoms with Crippen molar-refractivity contribution in [2.45, 2.75) is 13.3 Å². The maximum absolute atomic E-state index is 5.20. The molecule has 0 atom stereocenters. The summed E-state index contributed by atoms with van der Waals surface area (Å²) in [4.78, 5) is 0. The van der Waals surface area contributed by atoms with E-state index in [1.54, 1.807) is 0 Å². The molecule has 0 aliphatic rings. The first-order valence-electron chi connectivity index (χ1n) is 5.83. The monoisotopic (exact) mass is 244 g/mol. The molecule has 0 fully saturated rings. The van der Waals surface area contributed by atoms with Gasteiger partial charge in [0.2, 0.25) is 0 Å². The Morgan fingerprint density at radius 3 is 2.65 bits per heavy atom. The highest BCUT2D eigenvalue weighted by Crippen LogP contribution is 2.18. The second-order valence-electron chi connectivity index (χ2n) is 3.94. The highest BCUT2D eigenvalue weighted by atomic mass is 32.1. The van der Waals surface area contributed by atoms with Crippen LogP contribution in [0.25, 0.3) is 10.8 Å². The molecule has 17 heavy (non-hydrogen) atoms. The second-order valence-corrected chi connectivity index (χ2v) is 4.35. The number of thiocarbonyl (C=S) groups is 1. The van der Waals surface area contributed by atoms with Crippen molar-refractivity contribution < 1.29 is 0 Å². The molecule has 3 heteroatoms. The molecule has 2 N–H and O–H groups in total. The third-order valence-electron chi connectivity index (χ3n) is 2.54. The van der Waals surface area contributed by atoms with Crippen molar-refractivity contribution in [3.8, 4) is 0 Å². The van der Waals surface area contributed by atoms with Crippen molar-refractivity contribution in [3.63, 3.8) is 0 Å². The fraction of sp³-hybridized carbons (Fsp3) is 0.214. The van der Waals surface area contributed by atoms with E-state index in [-0.39, 0.29) is 0 Å². The Morgan fingerprint density at radius 2 is 1.88 bits per heavy atom. The van der Waals surface area contributed by atoms with Gasteiger partial charge in [0.1, 0.15) is 0 Å². The minimum Gasteiger partial charge on any atom is -0.362 e. The van der Waals surface area contributed by atoms with Gasteiger partial charge in [0.05, 0.1) is 0 Å². The standard InChI is InChI=1S/C14H16N2S/c1-2-9-15-14(17)16-13-8-7-11-5-3-4-6-12(11)10-13/h3-8,10H,2,9H2,1H3,(H2,15,16,17). The average Bonchev–Trinajstić information content (AvgIpc) is 2.36. The van der Waals surface area contributed by atoms with Gasteiger partial charge in [0.15, 0.2) is 5.11 Å². The zero-order valence-electron chi connectivity index (χ0n) is 9.86. The molecule has 0 saturated carbocycles. The van der Waals surface area contributed by atoms with Gasteiger partial charge in [-0.1, -0.05) is 37.3 Å². The van der Waals surface area contributed by atoms with Gasteiger partial charge < -0.3 is 10.6 Å². The predicted molar refractivity (Wildman–Crippen MR) is 78.5 cm³/mol. The summed E-state index contributed by atoms with van der Waals surface area (Å²) in [5, 5.41) is 9.48. The number of rotatable bonds is 3. The summed E-state index contributed by atoms with van der Waals surface area (Å²) in [6.45, 7) is 3.02. The predicted octanol–water partition coefficient (Wildman–Crippen LogP) is 3.54. The Labute approximate surface area is 107 Å². The third-order valence-corrected chi connectivity index (χ3v) is 2.79. The largest absolute Gasteiger partial charge is 0.362 e. The number of hydrogen-bond donors (Lipinski definition) is 2. The number of nitrogens with one attached hydrogen (secondary N) is 2. The van der Waals surface area contributed by atoms with Crippen LogP contribution in [-0.2, 0) is 0 Å². The van der Waals surface area contributed by atoms with E-state index in [0.717, 1.165) is 18.7 Å². The zero-order valence-corrected chi connectivity index (χ0v) is 10.7. The van der Waals surface area contributed by atoms with Crippen LogP contribution in [-0.4, -0.2) is 11.7 Å². The van der Waals surface area contributed by atoms with Crippen molar-refractivity contribution in [1.82, 2.24) is 5.32 Å². The SMILES string of the molecule is CCCNC(=S)Nc1ccc2ccccc2c1. The van der Waals surface area contributed by atoms with Crippen molar-refractivity contribution in [1.29, 1.82) is 0 Å². The summed E-state index contributed by atoms with van der Waals surface area (Å²) in [7, 11) is 0. The van der Waals surface area contributed by atoms with Crippen LogP contribution in [0.15, 0.2) is 42.5 Å². The van der Waals surface area contributed by atoms with Gasteiger partial charge >= 0.3 is 0 Å². The summed E-state index contributed by atoms with van der Waals surface area (Å²) in [5.74, 6) is 0. The number of anilines is 1. The zero-order chi connectivity index (χ0) is 12.1. The first-order chi connectivity index (χ1) is 8.29. The Morgan fingerprint density at radius 1 is 1.12 bits per heavy atom. The van der Waals surface area contributed by atoms with Crippen LogP contribution in [0.2, 0.25) is 0 Å². The summed E-state index contributed by atoms with van der Waals surface area (Å²) in [6.07, 6.45) is 1.07. The lowest BCUT2D eigenvalue weighted by Crippen LogP contribution is -2.28. The van der Waals surface area contributed by atoms with Gasteiger partial charge in [-0.05, 0) is 41.5 Å². The Bertz CT molecular complexity index is 522. The molecule has 0 saturated heterocycles. The number of hydrogen-bond acceptors (Lipinski definition) is 1. The molecule has 0 aliphatic carbocycles. The number of benzene rings is 2. The van der Waals surface area contributed by atoms with E-state index in [0.29, 0.717) is 5.11 Å². The fourth-order valence-electron chi connectivity index (χ4n) is 1.68. The summed E-state index contributed by atoms with van der Waals surface area (Å²) >= 11 is 5.20. The molecule has 0 aliphatic heterocycles. The minimum atomic E-state index is 0.683. The second kappa shape index (κ2) is 5.64. The van der Waals surface area contributed by atoms with E-state index in [4.69, 9.17) is 12.2 Å². The molecule has 2 aromatic carbocycles. The van der Waals surface area contributed by atoms with Crippen LogP contribution >= 0.6 is 12.2 Å². The molecule has 0 radical (unpaired) electrons. The molecule has 0 spiro atoms. The van der Waals surface area contributed by atoms with Gasteiger partial charge in [-0.25, -0.2) is 0 Å². The lowest BCUT2D eigenvalue weighted by atomic mass is 10.1. The van der Waals surface area contributed by atoms with E-state index >= 15 is 0 Å². The van der Waals surface area contributed by atoms with E-state index in [1.807, 2.05) is 18.2 Å². The van der Waals surface area contributed by atoms with Crippen molar-refractivity contribution in [2.24, 2.45) is 0 Å². The van der Waals surface area contributed by atoms with Crippen molar-refractivity contribution in [3.05, 3.63) is 42.5 Å². The Balaban J connectivity index is 2.11. The molecule has 88 valence electrons. The van der Waals surface area contributed by atoms with Crippen molar-refractivity contribution >= 4 is 33.8 Å². The van der Waals surface area contributed by atoms with Crippen molar-refractivity contribution in [2.75, 3.05) is 11.9 Å². The normalized spacial score (nSPS) is 10.2. The molecule has 0 amide bonds. The average molecular weight is 244 g/mol. The topological polar surface area (TPSA) is 24.1 Å². The fourth-order valence-corrected chi connectivity index (χ4v) is 1.90. The smallest absolute Gasteiger partial charge is 0.170 e. The van der Waals surface area contributed by atoms with E-state index in [2.05, 4.69) is 41.8 Å². The highest BCUT2D eigenvalue weighted by molar-refractivity contribution is 7.80. The third kappa shape index (κ3) is 3.17. The van der Waals surface area contributed by atoms with Crippen LogP contribution in [0.1, 0.15) is 13.3 Å². The van der Waals surface area contributed by atoms with Crippen LogP contribution in [0.5, 0.6) is 0 Å². The Kier molecular flexibility index (Phi) is 3.94. The van der Waals surface area contributed by atoms with Crippen LogP contribution < -0.4 is 10.6 Å². The lowest BCUT2D eigenvalue weighted by Gasteiger charge is -2.10. The molecule has 2 rings (SSSR count).